The Labute approximate surface area is 119 Å². The lowest BCUT2D eigenvalue weighted by Gasteiger charge is -2.19. The van der Waals surface area contributed by atoms with Gasteiger partial charge in [0.15, 0.2) is 0 Å². The molecule has 1 aromatic heterocycles. The largest absolute Gasteiger partial charge is 0.496 e. The van der Waals surface area contributed by atoms with Gasteiger partial charge in [0.05, 0.1) is 13.2 Å². The number of hydrogen-bond acceptors (Lipinski definition) is 4. The molecule has 1 atom stereocenters. The Bertz CT molecular complexity index is 565. The lowest BCUT2D eigenvalue weighted by Crippen LogP contribution is -2.30. The highest BCUT2D eigenvalue weighted by Crippen LogP contribution is 2.28. The molecule has 0 fully saturated rings. The van der Waals surface area contributed by atoms with E-state index in [4.69, 9.17) is 10.6 Å². The van der Waals surface area contributed by atoms with Gasteiger partial charge in [0.1, 0.15) is 11.6 Å². The zero-order valence-corrected chi connectivity index (χ0v) is 12.3. The Kier molecular flexibility index (Phi) is 4.76. The zero-order valence-electron chi connectivity index (χ0n) is 12.3. The SMILES string of the molecule is CCn1ccnc1CC(NN)c1ccc(C)cc1OC. The molecular weight excluding hydrogens is 252 g/mol. The molecule has 0 aliphatic rings. The summed E-state index contributed by atoms with van der Waals surface area (Å²) in [7, 11) is 1.68. The molecule has 0 saturated carbocycles. The predicted octanol–water partition coefficient (Wildman–Crippen LogP) is 1.97. The van der Waals surface area contributed by atoms with Crippen molar-refractivity contribution in [2.75, 3.05) is 7.11 Å². The average Bonchev–Trinajstić information content (AvgIpc) is 2.92. The maximum atomic E-state index is 5.73. The molecule has 0 amide bonds. The number of hydrogen-bond donors (Lipinski definition) is 2. The van der Waals surface area contributed by atoms with Gasteiger partial charge in [-0.2, -0.15) is 0 Å². The van der Waals surface area contributed by atoms with Crippen molar-refractivity contribution in [1.82, 2.24) is 15.0 Å². The molecule has 3 N–H and O–H groups in total. The highest BCUT2D eigenvalue weighted by atomic mass is 16.5. The Hall–Kier alpha value is -1.85. The van der Waals surface area contributed by atoms with Gasteiger partial charge < -0.3 is 9.30 Å². The zero-order chi connectivity index (χ0) is 14.5. The van der Waals surface area contributed by atoms with Crippen molar-refractivity contribution < 1.29 is 4.74 Å². The molecule has 1 aromatic carbocycles. The third kappa shape index (κ3) is 3.00. The number of aryl methyl sites for hydroxylation is 2. The second-order valence-electron chi connectivity index (χ2n) is 4.80. The summed E-state index contributed by atoms with van der Waals surface area (Å²) < 4.78 is 7.58. The summed E-state index contributed by atoms with van der Waals surface area (Å²) in [4.78, 5) is 4.40. The number of nitrogens with two attached hydrogens (primary N) is 1. The summed E-state index contributed by atoms with van der Waals surface area (Å²) in [6.45, 7) is 5.04. The van der Waals surface area contributed by atoms with Crippen LogP contribution < -0.4 is 16.0 Å². The van der Waals surface area contributed by atoms with Crippen LogP contribution in [0.5, 0.6) is 5.75 Å². The number of hydrazine groups is 1. The fourth-order valence-electron chi connectivity index (χ4n) is 2.37. The summed E-state index contributed by atoms with van der Waals surface area (Å²) in [6, 6.07) is 6.11. The minimum Gasteiger partial charge on any atom is -0.496 e. The summed E-state index contributed by atoms with van der Waals surface area (Å²) in [5.41, 5.74) is 5.08. The minimum absolute atomic E-state index is 0.0294. The second-order valence-corrected chi connectivity index (χ2v) is 4.80. The standard InChI is InChI=1S/C15H22N4O/c1-4-19-8-7-17-15(19)10-13(18-16)12-6-5-11(2)9-14(12)20-3/h5-9,13,18H,4,10,16H2,1-3H3. The van der Waals surface area contributed by atoms with E-state index in [1.165, 1.54) is 0 Å². The van der Waals surface area contributed by atoms with E-state index in [9.17, 15) is 0 Å². The quantitative estimate of drug-likeness (QED) is 0.624. The second kappa shape index (κ2) is 6.54. The molecule has 1 heterocycles. The van der Waals surface area contributed by atoms with Crippen molar-refractivity contribution in [2.45, 2.75) is 32.9 Å². The van der Waals surface area contributed by atoms with E-state index in [1.807, 2.05) is 25.4 Å². The molecule has 1 unspecified atom stereocenters. The van der Waals surface area contributed by atoms with Crippen molar-refractivity contribution in [3.63, 3.8) is 0 Å². The lowest BCUT2D eigenvalue weighted by molar-refractivity contribution is 0.397. The molecule has 0 radical (unpaired) electrons. The maximum absolute atomic E-state index is 5.73. The topological polar surface area (TPSA) is 65.1 Å². The van der Waals surface area contributed by atoms with Crippen LogP contribution in [0.25, 0.3) is 0 Å². The first kappa shape index (κ1) is 14.6. The van der Waals surface area contributed by atoms with E-state index in [0.717, 1.165) is 35.7 Å². The van der Waals surface area contributed by atoms with Crippen LogP contribution in [0.4, 0.5) is 0 Å². The summed E-state index contributed by atoms with van der Waals surface area (Å²) >= 11 is 0. The first-order valence-electron chi connectivity index (χ1n) is 6.80. The minimum atomic E-state index is -0.0294. The van der Waals surface area contributed by atoms with Gasteiger partial charge in [-0.25, -0.2) is 4.98 Å². The van der Waals surface area contributed by atoms with Gasteiger partial charge >= 0.3 is 0 Å². The highest BCUT2D eigenvalue weighted by Gasteiger charge is 2.17. The summed E-state index contributed by atoms with van der Waals surface area (Å²) in [6.07, 6.45) is 4.52. The van der Waals surface area contributed by atoms with Crippen molar-refractivity contribution in [3.05, 3.63) is 47.5 Å². The van der Waals surface area contributed by atoms with Gasteiger partial charge in [0.25, 0.3) is 0 Å². The first-order chi connectivity index (χ1) is 9.69. The first-order valence-corrected chi connectivity index (χ1v) is 6.80. The predicted molar refractivity (Wildman–Crippen MR) is 79.4 cm³/mol. The van der Waals surface area contributed by atoms with Crippen LogP contribution in [0.2, 0.25) is 0 Å². The van der Waals surface area contributed by atoms with E-state index in [0.29, 0.717) is 0 Å². The van der Waals surface area contributed by atoms with Gasteiger partial charge in [-0.05, 0) is 25.5 Å². The summed E-state index contributed by atoms with van der Waals surface area (Å²) in [5, 5.41) is 0. The smallest absolute Gasteiger partial charge is 0.123 e. The van der Waals surface area contributed by atoms with Gasteiger partial charge in [-0.1, -0.05) is 12.1 Å². The molecule has 5 heteroatoms. The number of aromatic nitrogens is 2. The molecule has 5 nitrogen and oxygen atoms in total. The average molecular weight is 274 g/mol. The van der Waals surface area contributed by atoms with Crippen molar-refractivity contribution >= 4 is 0 Å². The number of nitrogens with one attached hydrogen (secondary N) is 1. The van der Waals surface area contributed by atoms with Gasteiger partial charge in [0, 0.05) is 30.9 Å². The van der Waals surface area contributed by atoms with E-state index in [1.54, 1.807) is 7.11 Å². The molecule has 0 saturated heterocycles. The van der Waals surface area contributed by atoms with E-state index < -0.39 is 0 Å². The maximum Gasteiger partial charge on any atom is 0.123 e. The molecule has 108 valence electrons. The van der Waals surface area contributed by atoms with Gasteiger partial charge in [-0.3, -0.25) is 11.3 Å². The van der Waals surface area contributed by atoms with Gasteiger partial charge in [0.2, 0.25) is 0 Å². The Morgan fingerprint density at radius 2 is 2.25 bits per heavy atom. The number of rotatable bonds is 6. The fraction of sp³-hybridized carbons (Fsp3) is 0.400. The highest BCUT2D eigenvalue weighted by molar-refractivity contribution is 5.39. The normalized spacial score (nSPS) is 12.4. The molecular formula is C15H22N4O. The third-order valence-corrected chi connectivity index (χ3v) is 3.49. The number of nitrogens with zero attached hydrogens (tertiary/aromatic N) is 2. The van der Waals surface area contributed by atoms with Gasteiger partial charge in [-0.15, -0.1) is 0 Å². The third-order valence-electron chi connectivity index (χ3n) is 3.49. The molecule has 0 aliphatic heterocycles. The molecule has 0 aliphatic carbocycles. The lowest BCUT2D eigenvalue weighted by atomic mass is 10.0. The molecule has 0 bridgehead atoms. The Morgan fingerprint density at radius 1 is 1.45 bits per heavy atom. The van der Waals surface area contributed by atoms with E-state index in [2.05, 4.69) is 34.0 Å². The van der Waals surface area contributed by atoms with Crippen molar-refractivity contribution in [3.8, 4) is 5.75 Å². The molecule has 20 heavy (non-hydrogen) atoms. The van der Waals surface area contributed by atoms with Crippen LogP contribution >= 0.6 is 0 Å². The summed E-state index contributed by atoms with van der Waals surface area (Å²) in [5.74, 6) is 7.59. The van der Waals surface area contributed by atoms with Crippen molar-refractivity contribution in [2.24, 2.45) is 5.84 Å². The molecule has 2 aromatic rings. The van der Waals surface area contributed by atoms with Crippen molar-refractivity contribution in [1.29, 1.82) is 0 Å². The van der Waals surface area contributed by atoms with Crippen LogP contribution in [0, 0.1) is 6.92 Å². The number of imidazole rings is 1. The van der Waals surface area contributed by atoms with Crippen LogP contribution in [0.15, 0.2) is 30.6 Å². The van der Waals surface area contributed by atoms with E-state index in [-0.39, 0.29) is 6.04 Å². The molecule has 0 spiro atoms. The fourth-order valence-corrected chi connectivity index (χ4v) is 2.37. The van der Waals surface area contributed by atoms with Crippen LogP contribution in [0.1, 0.15) is 29.9 Å². The Balaban J connectivity index is 2.28. The monoisotopic (exact) mass is 274 g/mol. The van der Waals surface area contributed by atoms with Crippen LogP contribution in [0.3, 0.4) is 0 Å². The van der Waals surface area contributed by atoms with Crippen LogP contribution in [-0.4, -0.2) is 16.7 Å². The Morgan fingerprint density at radius 3 is 2.90 bits per heavy atom. The molecule has 2 rings (SSSR count). The van der Waals surface area contributed by atoms with E-state index >= 15 is 0 Å². The number of methoxy groups -OCH3 is 1. The van der Waals surface area contributed by atoms with Crippen LogP contribution in [-0.2, 0) is 13.0 Å². The number of benzene rings is 1. The number of ether oxygens (including phenoxy) is 1.